The predicted octanol–water partition coefficient (Wildman–Crippen LogP) is 0.618. The van der Waals surface area contributed by atoms with Crippen molar-refractivity contribution in [3.63, 3.8) is 0 Å². The Morgan fingerprint density at radius 1 is 0.867 bits per heavy atom. The molecule has 0 saturated heterocycles. The summed E-state index contributed by atoms with van der Waals surface area (Å²) in [6.07, 6.45) is 12.1. The van der Waals surface area contributed by atoms with Gasteiger partial charge in [0.2, 0.25) is 0 Å². The summed E-state index contributed by atoms with van der Waals surface area (Å²) in [5.41, 5.74) is 6.14. The van der Waals surface area contributed by atoms with E-state index in [4.69, 9.17) is 0 Å². The number of halogens is 2. The van der Waals surface area contributed by atoms with E-state index in [1.165, 1.54) is 36.0 Å². The number of hydrogen-bond donors (Lipinski definition) is 0. The first kappa shape index (κ1) is 25.5. The van der Waals surface area contributed by atoms with E-state index in [-0.39, 0.29) is 24.8 Å². The number of allylic oxidation sites excluding steroid dienone is 4. The summed E-state index contributed by atoms with van der Waals surface area (Å²) >= 11 is -2.08. The third kappa shape index (κ3) is 5.35. The van der Waals surface area contributed by atoms with Crippen LogP contribution in [0.15, 0.2) is 64.0 Å². The van der Waals surface area contributed by atoms with Crippen molar-refractivity contribution in [2.75, 3.05) is 0 Å². The molecule has 0 unspecified atom stereocenters. The minimum atomic E-state index is -2.08. The molecule has 0 nitrogen and oxygen atoms in total. The van der Waals surface area contributed by atoms with E-state index in [0.29, 0.717) is 0 Å². The second-order valence-electron chi connectivity index (χ2n) is 9.16. The molecule has 0 radical (unpaired) electrons. The van der Waals surface area contributed by atoms with Crippen molar-refractivity contribution in [3.8, 4) is 11.1 Å². The van der Waals surface area contributed by atoms with E-state index in [1.807, 2.05) is 3.21 Å². The van der Waals surface area contributed by atoms with Crippen LogP contribution in [0.1, 0.15) is 58.1 Å². The molecule has 0 heterocycles. The van der Waals surface area contributed by atoms with Gasteiger partial charge >= 0.3 is 179 Å². The maximum Gasteiger partial charge on any atom is -1.00 e. The van der Waals surface area contributed by atoms with Crippen LogP contribution in [0.25, 0.3) is 11.1 Å². The Bertz CT molecular complexity index is 968. The van der Waals surface area contributed by atoms with Crippen LogP contribution in [0.5, 0.6) is 0 Å². The number of rotatable bonds is 6. The van der Waals surface area contributed by atoms with Gasteiger partial charge in [-0.15, -0.1) is 0 Å². The second-order valence-corrected chi connectivity index (χ2v) is 15.6. The summed E-state index contributed by atoms with van der Waals surface area (Å²) in [5, 5.41) is 0. The van der Waals surface area contributed by atoms with Gasteiger partial charge in [-0.05, 0) is 0 Å². The zero-order chi connectivity index (χ0) is 19.7. The summed E-state index contributed by atoms with van der Waals surface area (Å²) in [5.74, 6) is 1.49. The van der Waals surface area contributed by atoms with Crippen LogP contribution in [0.4, 0.5) is 0 Å². The second kappa shape index (κ2) is 11.2. The molecule has 0 bridgehead atoms. The summed E-state index contributed by atoms with van der Waals surface area (Å²) in [6.45, 7) is 9.59. The maximum absolute atomic E-state index is 2.50. The van der Waals surface area contributed by atoms with Gasteiger partial charge in [-0.25, -0.2) is 0 Å². The molecule has 0 saturated carbocycles. The summed E-state index contributed by atoms with van der Waals surface area (Å²) in [6, 6.07) is 16.2. The fraction of sp³-hybridized carbons (Fsp3) is 0.370. The molecule has 0 fully saturated rings. The van der Waals surface area contributed by atoms with Crippen molar-refractivity contribution in [2.24, 2.45) is 11.8 Å². The molecular formula is C27H32Cl2Zr. The van der Waals surface area contributed by atoms with Crippen molar-refractivity contribution in [2.45, 2.75) is 53.4 Å². The molecule has 0 spiro atoms. The zero-order valence-corrected chi connectivity index (χ0v) is 22.5. The fourth-order valence-electron chi connectivity index (χ4n) is 4.89. The van der Waals surface area contributed by atoms with Gasteiger partial charge in [0.15, 0.2) is 0 Å². The third-order valence-corrected chi connectivity index (χ3v) is 13.6. The van der Waals surface area contributed by atoms with E-state index in [0.717, 1.165) is 18.3 Å². The van der Waals surface area contributed by atoms with Crippen molar-refractivity contribution in [1.82, 2.24) is 0 Å². The van der Waals surface area contributed by atoms with Crippen LogP contribution in [0.2, 0.25) is 0 Å². The first-order valence-corrected chi connectivity index (χ1v) is 14.5. The Balaban J connectivity index is 0.00000160. The summed E-state index contributed by atoms with van der Waals surface area (Å²) in [7, 11) is 0. The quantitative estimate of drug-likeness (QED) is 0.449. The molecule has 2 aromatic rings. The Hall–Kier alpha value is -0.747. The van der Waals surface area contributed by atoms with E-state index >= 15 is 0 Å². The molecule has 2 aliphatic carbocycles. The van der Waals surface area contributed by atoms with Crippen LogP contribution in [-0.2, 0) is 27.7 Å². The molecule has 3 heteroatoms. The van der Waals surface area contributed by atoms with Crippen LogP contribution < -0.4 is 28.1 Å². The molecule has 30 heavy (non-hydrogen) atoms. The van der Waals surface area contributed by atoms with Crippen molar-refractivity contribution in [3.05, 3.63) is 75.1 Å². The fourth-order valence-corrected chi connectivity index (χ4v) is 14.2. The predicted molar refractivity (Wildman–Crippen MR) is 120 cm³/mol. The van der Waals surface area contributed by atoms with E-state index in [2.05, 4.69) is 88.4 Å². The molecule has 158 valence electrons. The van der Waals surface area contributed by atoms with Crippen molar-refractivity contribution in [1.29, 1.82) is 0 Å². The van der Waals surface area contributed by atoms with E-state index < -0.39 is 21.3 Å². The Kier molecular flexibility index (Phi) is 9.54. The van der Waals surface area contributed by atoms with Gasteiger partial charge in [-0.1, -0.05) is 0 Å². The molecule has 2 aliphatic rings. The third-order valence-electron chi connectivity index (χ3n) is 5.88. The molecule has 0 aromatic heterocycles. The number of hydrogen-bond acceptors (Lipinski definition) is 0. The Morgan fingerprint density at radius 2 is 1.53 bits per heavy atom. The average molecular weight is 519 g/mol. The molecule has 4 rings (SSSR count). The smallest absolute Gasteiger partial charge is 1.00 e. The number of fused-ring (bicyclic) bond motifs is 3. The SMILES string of the molecule is CC(C)C[C](CC(C)C)=[Zr+2]([C]1=CC=CC1)[c]1cccc2c1Cc1ccccc1-2.[Cl-].[Cl-]. The first-order valence-electron chi connectivity index (χ1n) is 10.8. The van der Waals surface area contributed by atoms with Gasteiger partial charge in [-0.2, -0.15) is 0 Å². The molecule has 0 atom stereocenters. The van der Waals surface area contributed by atoms with Crippen LogP contribution in [0.3, 0.4) is 0 Å². The van der Waals surface area contributed by atoms with Gasteiger partial charge in [0.25, 0.3) is 0 Å². The Labute approximate surface area is 202 Å². The van der Waals surface area contributed by atoms with Gasteiger partial charge < -0.3 is 24.8 Å². The van der Waals surface area contributed by atoms with Crippen molar-refractivity contribution >= 4 is 6.48 Å². The monoisotopic (exact) mass is 516 g/mol. The van der Waals surface area contributed by atoms with Crippen LogP contribution in [0, 0.1) is 11.8 Å². The zero-order valence-electron chi connectivity index (χ0n) is 18.5. The standard InChI is InChI=1S/C13H9.C9H18.C5H5.2ClH.Zr/c1-3-7-12-10(5-1)9-11-6-2-4-8-13(11)12;1-8(2)6-5-7-9(3)4;1-2-4-5-3-1;;;/h1-5,7-8H,9H2;8-9H,6-7H2,1-4H3;1-3H,4H2;2*1H;/q;;;;;+2/p-2. The average Bonchev–Trinajstić information content (AvgIpc) is 3.29. The topological polar surface area (TPSA) is 0 Å². The van der Waals surface area contributed by atoms with Gasteiger partial charge in [-0.3, -0.25) is 0 Å². The molecule has 0 N–H and O–H groups in total. The molecule has 2 aromatic carbocycles. The number of benzene rings is 2. The summed E-state index contributed by atoms with van der Waals surface area (Å²) in [4.78, 5) is 0. The minimum absolute atomic E-state index is 0. The van der Waals surface area contributed by atoms with E-state index in [9.17, 15) is 0 Å². The summed E-state index contributed by atoms with van der Waals surface area (Å²) < 4.78 is 5.46. The maximum atomic E-state index is 2.50. The first-order chi connectivity index (χ1) is 13.5. The van der Waals surface area contributed by atoms with Crippen molar-refractivity contribution < 1.29 is 46.1 Å². The van der Waals surface area contributed by atoms with Gasteiger partial charge in [0.05, 0.1) is 0 Å². The van der Waals surface area contributed by atoms with Gasteiger partial charge in [0, 0.05) is 0 Å². The largest absolute Gasteiger partial charge is 1.00 e. The normalized spacial score (nSPS) is 13.2. The molecular weight excluding hydrogens is 486 g/mol. The van der Waals surface area contributed by atoms with Crippen LogP contribution >= 0.6 is 0 Å². The van der Waals surface area contributed by atoms with Crippen LogP contribution in [-0.4, -0.2) is 3.21 Å². The molecule has 0 aliphatic heterocycles. The van der Waals surface area contributed by atoms with E-state index in [1.54, 1.807) is 12.1 Å². The Morgan fingerprint density at radius 3 is 2.17 bits per heavy atom. The van der Waals surface area contributed by atoms with Gasteiger partial charge in [0.1, 0.15) is 0 Å². The molecule has 0 amide bonds. The minimum Gasteiger partial charge on any atom is -1.00 e.